The van der Waals surface area contributed by atoms with Crippen molar-refractivity contribution in [3.8, 4) is 5.75 Å². The van der Waals surface area contributed by atoms with E-state index < -0.39 is 6.10 Å². The second-order valence-electron chi connectivity index (χ2n) is 5.24. The van der Waals surface area contributed by atoms with E-state index in [-0.39, 0.29) is 0 Å². The van der Waals surface area contributed by atoms with Crippen LogP contribution in [0.1, 0.15) is 31.4 Å². The molecule has 0 aromatic heterocycles. The number of aliphatic hydroxyl groups excluding tert-OH is 1. The fourth-order valence-electron chi connectivity index (χ4n) is 2.67. The maximum atomic E-state index is 10.3. The van der Waals surface area contributed by atoms with E-state index in [9.17, 15) is 5.11 Å². The third kappa shape index (κ3) is 4.20. The van der Waals surface area contributed by atoms with E-state index in [0.717, 1.165) is 43.9 Å². The van der Waals surface area contributed by atoms with Crippen molar-refractivity contribution in [2.45, 2.75) is 32.0 Å². The maximum absolute atomic E-state index is 10.3. The molecule has 1 aromatic rings. The zero-order chi connectivity index (χ0) is 14.4. The topological polar surface area (TPSA) is 41.9 Å². The molecular weight excluding hydrogens is 254 g/mol. The monoisotopic (exact) mass is 279 g/mol. The first-order chi connectivity index (χ1) is 9.72. The third-order valence-corrected chi connectivity index (χ3v) is 3.87. The molecule has 1 aliphatic rings. The summed E-state index contributed by atoms with van der Waals surface area (Å²) in [5, 5.41) is 10.3. The van der Waals surface area contributed by atoms with Gasteiger partial charge in [-0.2, -0.15) is 0 Å². The molecule has 0 saturated carbocycles. The summed E-state index contributed by atoms with van der Waals surface area (Å²) in [5.41, 5.74) is 0.942. The van der Waals surface area contributed by atoms with Crippen LogP contribution in [0.4, 0.5) is 0 Å². The number of β-amino-alcohol motifs (C(OH)–C–C–N with tert-alkyl or cyclic N) is 1. The summed E-state index contributed by atoms with van der Waals surface area (Å²) >= 11 is 0. The van der Waals surface area contributed by atoms with E-state index in [1.807, 2.05) is 31.2 Å². The van der Waals surface area contributed by atoms with E-state index in [4.69, 9.17) is 9.47 Å². The fourth-order valence-corrected chi connectivity index (χ4v) is 2.67. The molecule has 0 radical (unpaired) electrons. The van der Waals surface area contributed by atoms with Crippen LogP contribution >= 0.6 is 0 Å². The molecule has 1 fully saturated rings. The molecule has 20 heavy (non-hydrogen) atoms. The minimum Gasteiger partial charge on any atom is -0.497 e. The molecule has 1 heterocycles. The van der Waals surface area contributed by atoms with Crippen molar-refractivity contribution in [1.29, 1.82) is 0 Å². The van der Waals surface area contributed by atoms with Gasteiger partial charge in [-0.25, -0.2) is 0 Å². The van der Waals surface area contributed by atoms with Crippen molar-refractivity contribution in [2.24, 2.45) is 0 Å². The fraction of sp³-hybridized carbons (Fsp3) is 0.625. The van der Waals surface area contributed by atoms with Crippen molar-refractivity contribution in [3.05, 3.63) is 29.8 Å². The number of nitrogens with zero attached hydrogens (tertiary/aromatic N) is 1. The normalized spacial score (nSPS) is 18.9. The molecule has 0 aliphatic carbocycles. The van der Waals surface area contributed by atoms with Gasteiger partial charge in [0.1, 0.15) is 5.75 Å². The number of likely N-dealkylation sites (tertiary alicyclic amines) is 1. The highest BCUT2D eigenvalue weighted by Gasteiger charge is 2.21. The Balaban J connectivity index is 1.81. The molecule has 1 unspecified atom stereocenters. The van der Waals surface area contributed by atoms with E-state index in [2.05, 4.69) is 4.90 Å². The molecule has 0 bridgehead atoms. The van der Waals surface area contributed by atoms with Crippen LogP contribution in [0.15, 0.2) is 24.3 Å². The van der Waals surface area contributed by atoms with Crippen molar-refractivity contribution in [3.63, 3.8) is 0 Å². The zero-order valence-corrected chi connectivity index (χ0v) is 12.4. The van der Waals surface area contributed by atoms with Crippen LogP contribution in [-0.2, 0) is 4.74 Å². The highest BCUT2D eigenvalue weighted by Crippen LogP contribution is 2.21. The summed E-state index contributed by atoms with van der Waals surface area (Å²) in [4.78, 5) is 2.31. The first kappa shape index (κ1) is 15.3. The molecular formula is C16H25NO3. The van der Waals surface area contributed by atoms with Crippen LogP contribution in [0.25, 0.3) is 0 Å². The number of methoxy groups -OCH3 is 1. The first-order valence-corrected chi connectivity index (χ1v) is 7.39. The average molecular weight is 279 g/mol. The smallest absolute Gasteiger partial charge is 0.118 e. The third-order valence-electron chi connectivity index (χ3n) is 3.87. The van der Waals surface area contributed by atoms with Gasteiger partial charge >= 0.3 is 0 Å². The van der Waals surface area contributed by atoms with Gasteiger partial charge in [0.2, 0.25) is 0 Å². The Labute approximate surface area is 121 Å². The molecule has 4 heteroatoms. The standard InChI is InChI=1S/C16H25NO3/c1-3-20-15-8-10-17(11-9-15)12-16(18)13-4-6-14(19-2)7-5-13/h4-7,15-16,18H,3,8-12H2,1-2H3. The van der Waals surface area contributed by atoms with Crippen LogP contribution < -0.4 is 4.74 Å². The molecule has 2 rings (SSSR count). The number of hydrogen-bond donors (Lipinski definition) is 1. The molecule has 1 aromatic carbocycles. The lowest BCUT2D eigenvalue weighted by Gasteiger charge is -2.33. The Morgan fingerprint density at radius 3 is 2.45 bits per heavy atom. The Morgan fingerprint density at radius 1 is 1.25 bits per heavy atom. The first-order valence-electron chi connectivity index (χ1n) is 7.39. The largest absolute Gasteiger partial charge is 0.497 e. The van der Waals surface area contributed by atoms with Gasteiger partial charge in [0.05, 0.1) is 19.3 Å². The lowest BCUT2D eigenvalue weighted by atomic mass is 10.0. The van der Waals surface area contributed by atoms with Gasteiger partial charge in [-0.1, -0.05) is 12.1 Å². The summed E-state index contributed by atoms with van der Waals surface area (Å²) in [6.07, 6.45) is 2.07. The van der Waals surface area contributed by atoms with E-state index in [0.29, 0.717) is 12.6 Å². The van der Waals surface area contributed by atoms with Gasteiger partial charge in [0, 0.05) is 26.2 Å². The molecule has 4 nitrogen and oxygen atoms in total. The summed E-state index contributed by atoms with van der Waals surface area (Å²) < 4.78 is 10.8. The second-order valence-corrected chi connectivity index (χ2v) is 5.24. The molecule has 112 valence electrons. The summed E-state index contributed by atoms with van der Waals surface area (Å²) in [6, 6.07) is 7.63. The Hall–Kier alpha value is -1.10. The van der Waals surface area contributed by atoms with Crippen LogP contribution in [0.5, 0.6) is 5.75 Å². The predicted octanol–water partition coefficient (Wildman–Crippen LogP) is 2.23. The Bertz CT molecular complexity index is 385. The SMILES string of the molecule is CCOC1CCN(CC(O)c2ccc(OC)cc2)CC1. The number of hydrogen-bond acceptors (Lipinski definition) is 4. The van der Waals surface area contributed by atoms with Crippen LogP contribution in [-0.4, -0.2) is 49.5 Å². The van der Waals surface area contributed by atoms with Gasteiger partial charge in [-0.3, -0.25) is 0 Å². The Kier molecular flexibility index (Phi) is 5.83. The van der Waals surface area contributed by atoms with Crippen molar-refractivity contribution < 1.29 is 14.6 Å². The maximum Gasteiger partial charge on any atom is 0.118 e. The molecule has 1 aliphatic heterocycles. The van der Waals surface area contributed by atoms with E-state index in [1.54, 1.807) is 7.11 Å². The highest BCUT2D eigenvalue weighted by atomic mass is 16.5. The van der Waals surface area contributed by atoms with Gasteiger partial charge in [0.15, 0.2) is 0 Å². The minimum atomic E-state index is -0.440. The molecule has 0 spiro atoms. The van der Waals surface area contributed by atoms with Crippen molar-refractivity contribution >= 4 is 0 Å². The van der Waals surface area contributed by atoms with Crippen LogP contribution in [0, 0.1) is 0 Å². The summed E-state index contributed by atoms with van der Waals surface area (Å²) in [7, 11) is 1.65. The number of aliphatic hydroxyl groups is 1. The summed E-state index contributed by atoms with van der Waals surface area (Å²) in [6.45, 7) is 5.51. The van der Waals surface area contributed by atoms with Crippen molar-refractivity contribution in [2.75, 3.05) is 33.4 Å². The molecule has 1 N–H and O–H groups in total. The van der Waals surface area contributed by atoms with E-state index >= 15 is 0 Å². The quantitative estimate of drug-likeness (QED) is 0.867. The van der Waals surface area contributed by atoms with Gasteiger partial charge < -0.3 is 19.5 Å². The molecule has 1 saturated heterocycles. The number of benzene rings is 1. The lowest BCUT2D eigenvalue weighted by molar-refractivity contribution is 0.00328. The molecule has 0 amide bonds. The van der Waals surface area contributed by atoms with E-state index in [1.165, 1.54) is 0 Å². The second kappa shape index (κ2) is 7.62. The minimum absolute atomic E-state index is 0.398. The Morgan fingerprint density at radius 2 is 1.90 bits per heavy atom. The highest BCUT2D eigenvalue weighted by molar-refractivity contribution is 5.28. The van der Waals surface area contributed by atoms with Crippen LogP contribution in [0.2, 0.25) is 0 Å². The summed E-state index contributed by atoms with van der Waals surface area (Å²) in [5.74, 6) is 0.818. The predicted molar refractivity (Wildman–Crippen MR) is 79.0 cm³/mol. The number of piperidine rings is 1. The van der Waals surface area contributed by atoms with Gasteiger partial charge in [-0.15, -0.1) is 0 Å². The van der Waals surface area contributed by atoms with Crippen molar-refractivity contribution in [1.82, 2.24) is 4.90 Å². The lowest BCUT2D eigenvalue weighted by Crippen LogP contribution is -2.39. The van der Waals surface area contributed by atoms with Gasteiger partial charge in [-0.05, 0) is 37.5 Å². The van der Waals surface area contributed by atoms with Crippen LogP contribution in [0.3, 0.4) is 0 Å². The zero-order valence-electron chi connectivity index (χ0n) is 12.4. The number of rotatable bonds is 6. The molecule has 1 atom stereocenters. The average Bonchev–Trinajstić information content (AvgIpc) is 2.49. The number of ether oxygens (including phenoxy) is 2. The van der Waals surface area contributed by atoms with Gasteiger partial charge in [0.25, 0.3) is 0 Å².